The van der Waals surface area contributed by atoms with Crippen LogP contribution in [0, 0.1) is 0 Å². The van der Waals surface area contributed by atoms with Crippen LogP contribution in [-0.2, 0) is 20.9 Å². The van der Waals surface area contributed by atoms with Crippen LogP contribution < -0.4 is 15.0 Å². The van der Waals surface area contributed by atoms with E-state index in [1.54, 1.807) is 18.2 Å². The van der Waals surface area contributed by atoms with Crippen LogP contribution in [0.4, 0.5) is 5.69 Å². The van der Waals surface area contributed by atoms with Gasteiger partial charge in [0.2, 0.25) is 12.0 Å². The molecule has 6 nitrogen and oxygen atoms in total. The van der Waals surface area contributed by atoms with E-state index in [-0.39, 0.29) is 19.0 Å². The molecule has 0 unspecified atom stereocenters. The second-order valence-corrected chi connectivity index (χ2v) is 6.32. The first-order valence-electron chi connectivity index (χ1n) is 8.16. The highest BCUT2D eigenvalue weighted by Gasteiger charge is 2.32. The van der Waals surface area contributed by atoms with E-state index in [1.165, 1.54) is 7.11 Å². The zero-order valence-corrected chi connectivity index (χ0v) is 15.0. The summed E-state index contributed by atoms with van der Waals surface area (Å²) in [5.41, 5.74) is 1.69. The fourth-order valence-electron chi connectivity index (χ4n) is 2.79. The number of hydrogen-bond acceptors (Lipinski definition) is 5. The Kier molecular flexibility index (Phi) is 5.63. The predicted octanol–water partition coefficient (Wildman–Crippen LogP) is 2.40. The number of methoxy groups -OCH3 is 1. The minimum Gasteiger partial charge on any atom is -0.475 e. The average molecular weight is 375 g/mol. The molecule has 2 aromatic rings. The first-order chi connectivity index (χ1) is 12.6. The highest BCUT2D eigenvalue weighted by molar-refractivity contribution is 6.30. The van der Waals surface area contributed by atoms with Gasteiger partial charge in [-0.15, -0.1) is 0 Å². The molecule has 7 heteroatoms. The molecule has 0 aromatic heterocycles. The number of halogens is 1. The number of rotatable bonds is 5. The van der Waals surface area contributed by atoms with Crippen LogP contribution in [0.15, 0.2) is 48.5 Å². The molecule has 0 saturated carbocycles. The van der Waals surface area contributed by atoms with Gasteiger partial charge in [-0.2, -0.15) is 0 Å². The topological polar surface area (TPSA) is 67.9 Å². The Balaban J connectivity index is 1.67. The van der Waals surface area contributed by atoms with Gasteiger partial charge >= 0.3 is 5.97 Å². The number of carbonyl (C=O) groups excluding carboxylic acids is 2. The molecule has 0 aliphatic carbocycles. The van der Waals surface area contributed by atoms with Crippen LogP contribution >= 0.6 is 11.6 Å². The number of hydrogen-bond donors (Lipinski definition) is 1. The van der Waals surface area contributed by atoms with Gasteiger partial charge < -0.3 is 19.7 Å². The third kappa shape index (κ3) is 4.26. The molecule has 1 aliphatic rings. The third-order valence-electron chi connectivity index (χ3n) is 4.04. The number of nitrogens with one attached hydrogen (secondary N) is 1. The fourth-order valence-corrected chi connectivity index (χ4v) is 3.00. The Morgan fingerprint density at radius 3 is 2.85 bits per heavy atom. The Labute approximate surface area is 156 Å². The number of esters is 1. The number of nitrogens with zero attached hydrogens (tertiary/aromatic N) is 1. The summed E-state index contributed by atoms with van der Waals surface area (Å²) in [4.78, 5) is 26.1. The maximum absolute atomic E-state index is 12.4. The number of amides is 1. The lowest BCUT2D eigenvalue weighted by Gasteiger charge is -2.34. The van der Waals surface area contributed by atoms with Gasteiger partial charge in [0.15, 0.2) is 0 Å². The van der Waals surface area contributed by atoms with Gasteiger partial charge in [-0.25, -0.2) is 4.79 Å². The molecule has 0 radical (unpaired) electrons. The van der Waals surface area contributed by atoms with E-state index in [0.717, 1.165) is 11.3 Å². The van der Waals surface area contributed by atoms with Gasteiger partial charge in [-0.1, -0.05) is 35.9 Å². The van der Waals surface area contributed by atoms with Gasteiger partial charge in [-0.3, -0.25) is 4.79 Å². The molecule has 0 saturated heterocycles. The smallest absolute Gasteiger partial charge is 0.348 e. The summed E-state index contributed by atoms with van der Waals surface area (Å²) in [5.74, 6) is -0.0778. The molecule has 0 bridgehead atoms. The van der Waals surface area contributed by atoms with Crippen molar-refractivity contribution in [3.8, 4) is 5.75 Å². The maximum Gasteiger partial charge on any atom is 0.348 e. The molecule has 1 N–H and O–H groups in total. The molecule has 1 atom stereocenters. The monoisotopic (exact) mass is 374 g/mol. The minimum atomic E-state index is -0.768. The Hall–Kier alpha value is -2.73. The number of anilines is 1. The lowest BCUT2D eigenvalue weighted by atomic mass is 10.2. The lowest BCUT2D eigenvalue weighted by molar-refractivity contribution is -0.148. The van der Waals surface area contributed by atoms with Crippen molar-refractivity contribution in [2.45, 2.75) is 12.6 Å². The Morgan fingerprint density at radius 2 is 2.08 bits per heavy atom. The lowest BCUT2D eigenvalue weighted by Crippen LogP contribution is -2.48. The molecule has 1 heterocycles. The van der Waals surface area contributed by atoms with Gasteiger partial charge in [0.05, 0.1) is 25.9 Å². The number of carbonyl (C=O) groups is 2. The third-order valence-corrected chi connectivity index (χ3v) is 4.27. The summed E-state index contributed by atoms with van der Waals surface area (Å²) in [6.07, 6.45) is -0.768. The summed E-state index contributed by atoms with van der Waals surface area (Å²) < 4.78 is 10.4. The van der Waals surface area contributed by atoms with Crippen molar-refractivity contribution < 1.29 is 19.1 Å². The molecule has 0 spiro atoms. The summed E-state index contributed by atoms with van der Waals surface area (Å²) in [7, 11) is 1.31. The summed E-state index contributed by atoms with van der Waals surface area (Å²) in [5, 5.41) is 3.49. The first-order valence-corrected chi connectivity index (χ1v) is 8.54. The molecule has 0 fully saturated rings. The van der Waals surface area contributed by atoms with Crippen LogP contribution in [0.25, 0.3) is 0 Å². The summed E-state index contributed by atoms with van der Waals surface area (Å²) in [6.45, 7) is 0.731. The van der Waals surface area contributed by atoms with E-state index in [9.17, 15) is 9.59 Å². The van der Waals surface area contributed by atoms with Crippen LogP contribution in [0.3, 0.4) is 0 Å². The van der Waals surface area contributed by atoms with Crippen molar-refractivity contribution in [3.05, 3.63) is 59.1 Å². The van der Waals surface area contributed by atoms with Crippen LogP contribution in [0.1, 0.15) is 5.56 Å². The van der Waals surface area contributed by atoms with Crippen LogP contribution in [0.2, 0.25) is 5.02 Å². The highest BCUT2D eigenvalue weighted by atomic mass is 35.5. The maximum atomic E-state index is 12.4. The van der Waals surface area contributed by atoms with Gasteiger partial charge in [-0.05, 0) is 29.8 Å². The Morgan fingerprint density at radius 1 is 1.27 bits per heavy atom. The number of fused-ring (bicyclic) bond motifs is 1. The molecular formula is C19H19ClN2O4. The molecular weight excluding hydrogens is 356 g/mol. The van der Waals surface area contributed by atoms with Gasteiger partial charge in [0.25, 0.3) is 0 Å². The molecule has 26 heavy (non-hydrogen) atoms. The number of ether oxygens (including phenoxy) is 2. The van der Waals surface area contributed by atoms with Crippen molar-refractivity contribution in [1.82, 2.24) is 5.32 Å². The zero-order valence-electron chi connectivity index (χ0n) is 14.3. The molecule has 2 aromatic carbocycles. The largest absolute Gasteiger partial charge is 0.475 e. The van der Waals surface area contributed by atoms with E-state index in [0.29, 0.717) is 17.3 Å². The molecule has 1 amide bonds. The Bertz CT molecular complexity index is 812. The predicted molar refractivity (Wildman–Crippen MR) is 98.4 cm³/mol. The van der Waals surface area contributed by atoms with E-state index in [2.05, 4.69) is 5.32 Å². The van der Waals surface area contributed by atoms with E-state index in [1.807, 2.05) is 35.2 Å². The fraction of sp³-hybridized carbons (Fsp3) is 0.263. The second-order valence-electron chi connectivity index (χ2n) is 5.88. The second kappa shape index (κ2) is 8.10. The summed E-state index contributed by atoms with van der Waals surface area (Å²) >= 11 is 5.95. The van der Waals surface area contributed by atoms with Crippen molar-refractivity contribution >= 4 is 29.2 Å². The average Bonchev–Trinajstić information content (AvgIpc) is 2.65. The number of para-hydroxylation sites is 2. The van der Waals surface area contributed by atoms with E-state index < -0.39 is 12.1 Å². The van der Waals surface area contributed by atoms with E-state index in [4.69, 9.17) is 21.1 Å². The first kappa shape index (κ1) is 18.1. The van der Waals surface area contributed by atoms with Crippen molar-refractivity contribution in [1.29, 1.82) is 0 Å². The minimum absolute atomic E-state index is 0.106. The van der Waals surface area contributed by atoms with E-state index >= 15 is 0 Å². The standard InChI is InChI=1S/C19H19ClN2O4/c1-25-19(24)17-11-22(15-7-2-3-8-16(15)26-17)12-18(23)21-10-13-5-4-6-14(20)9-13/h2-9,17H,10-12H2,1H3,(H,21,23)/t17-/m1/s1. The number of benzene rings is 2. The SMILES string of the molecule is COC(=O)[C@H]1CN(CC(=O)NCc2cccc(Cl)c2)c2ccccc2O1. The van der Waals surface area contributed by atoms with Crippen molar-refractivity contribution in [3.63, 3.8) is 0 Å². The van der Waals surface area contributed by atoms with Gasteiger partial charge in [0, 0.05) is 11.6 Å². The van der Waals surface area contributed by atoms with Crippen molar-refractivity contribution in [2.75, 3.05) is 25.1 Å². The molecule has 3 rings (SSSR count). The molecule has 136 valence electrons. The normalized spacial score (nSPS) is 15.6. The van der Waals surface area contributed by atoms with Crippen LogP contribution in [-0.4, -0.2) is 38.2 Å². The highest BCUT2D eigenvalue weighted by Crippen LogP contribution is 2.33. The molecule has 1 aliphatic heterocycles. The van der Waals surface area contributed by atoms with Crippen molar-refractivity contribution in [2.24, 2.45) is 0 Å². The van der Waals surface area contributed by atoms with Crippen LogP contribution in [0.5, 0.6) is 5.75 Å². The quantitative estimate of drug-likeness (QED) is 0.814. The van der Waals surface area contributed by atoms with Gasteiger partial charge in [0.1, 0.15) is 5.75 Å². The summed E-state index contributed by atoms with van der Waals surface area (Å²) in [6, 6.07) is 14.6. The zero-order chi connectivity index (χ0) is 18.5.